The summed E-state index contributed by atoms with van der Waals surface area (Å²) in [6.45, 7) is 4.17. The number of halogens is 1. The largest absolute Gasteiger partial charge is 0.315 e. The van der Waals surface area contributed by atoms with Gasteiger partial charge in [-0.1, -0.05) is 6.92 Å². The van der Waals surface area contributed by atoms with Crippen molar-refractivity contribution in [2.24, 2.45) is 0 Å². The molecule has 0 aliphatic rings. The van der Waals surface area contributed by atoms with Crippen LogP contribution in [0.4, 0.5) is 0 Å². The van der Waals surface area contributed by atoms with Crippen molar-refractivity contribution in [3.8, 4) is 0 Å². The van der Waals surface area contributed by atoms with Gasteiger partial charge in [0.25, 0.3) is 0 Å². The second-order valence-electron chi connectivity index (χ2n) is 2.42. The third kappa shape index (κ3) is 12.8. The molecular formula is C6H17ClN2O2S. The molecule has 0 saturated carbocycles. The van der Waals surface area contributed by atoms with E-state index in [1.807, 2.05) is 0 Å². The van der Waals surface area contributed by atoms with Gasteiger partial charge in [-0.25, -0.2) is 13.1 Å². The van der Waals surface area contributed by atoms with Crippen LogP contribution >= 0.6 is 12.4 Å². The van der Waals surface area contributed by atoms with Crippen LogP contribution in [0.1, 0.15) is 13.3 Å². The molecule has 0 aromatic carbocycles. The molecule has 0 aliphatic heterocycles. The molecule has 0 bridgehead atoms. The van der Waals surface area contributed by atoms with Crippen LogP contribution in [0.2, 0.25) is 0 Å². The third-order valence-corrected chi connectivity index (χ3v) is 1.82. The quantitative estimate of drug-likeness (QED) is 0.613. The van der Waals surface area contributed by atoms with Crippen molar-refractivity contribution >= 4 is 22.4 Å². The lowest BCUT2D eigenvalue weighted by Crippen LogP contribution is -2.31. The van der Waals surface area contributed by atoms with Crippen LogP contribution in [0, 0.1) is 0 Å². The number of rotatable bonds is 6. The zero-order valence-electron chi connectivity index (χ0n) is 7.46. The maximum atomic E-state index is 10.5. The first-order chi connectivity index (χ1) is 5.06. The Morgan fingerprint density at radius 2 is 1.75 bits per heavy atom. The molecule has 0 spiro atoms. The van der Waals surface area contributed by atoms with E-state index in [1.54, 1.807) is 0 Å². The summed E-state index contributed by atoms with van der Waals surface area (Å²) in [5.41, 5.74) is 0. The van der Waals surface area contributed by atoms with Crippen LogP contribution in [0.3, 0.4) is 0 Å². The molecule has 0 radical (unpaired) electrons. The molecule has 12 heavy (non-hydrogen) atoms. The fourth-order valence-corrected chi connectivity index (χ4v) is 1.10. The molecule has 0 aliphatic carbocycles. The van der Waals surface area contributed by atoms with E-state index in [0.717, 1.165) is 19.2 Å². The van der Waals surface area contributed by atoms with Gasteiger partial charge in [0.05, 0.1) is 6.26 Å². The van der Waals surface area contributed by atoms with Gasteiger partial charge in [0, 0.05) is 13.1 Å². The predicted molar refractivity (Wildman–Crippen MR) is 53.3 cm³/mol. The summed E-state index contributed by atoms with van der Waals surface area (Å²) in [5.74, 6) is 0. The summed E-state index contributed by atoms with van der Waals surface area (Å²) in [6.07, 6.45) is 2.23. The Labute approximate surface area is 80.6 Å². The minimum atomic E-state index is -3.00. The Morgan fingerprint density at radius 3 is 2.17 bits per heavy atom. The Bertz CT molecular complexity index is 182. The van der Waals surface area contributed by atoms with E-state index < -0.39 is 10.0 Å². The van der Waals surface area contributed by atoms with Crippen molar-refractivity contribution in [1.82, 2.24) is 10.0 Å². The molecule has 0 fully saturated rings. The molecule has 0 atom stereocenters. The lowest BCUT2D eigenvalue weighted by atomic mass is 10.5. The molecule has 6 heteroatoms. The topological polar surface area (TPSA) is 58.2 Å². The Morgan fingerprint density at radius 1 is 1.17 bits per heavy atom. The van der Waals surface area contributed by atoms with Crippen molar-refractivity contribution in [2.75, 3.05) is 25.9 Å². The lowest BCUT2D eigenvalue weighted by Gasteiger charge is -2.02. The van der Waals surface area contributed by atoms with E-state index >= 15 is 0 Å². The first-order valence-electron chi connectivity index (χ1n) is 3.71. The standard InChI is InChI=1S/C6H16N2O2S.ClH/c1-3-4-7-5-6-8-11(2,9)10;/h7-8H,3-6H2,1-2H3;1H. The highest BCUT2D eigenvalue weighted by Crippen LogP contribution is 1.72. The van der Waals surface area contributed by atoms with Crippen LogP contribution < -0.4 is 10.0 Å². The molecule has 4 nitrogen and oxygen atoms in total. The van der Waals surface area contributed by atoms with E-state index in [9.17, 15) is 8.42 Å². The van der Waals surface area contributed by atoms with Gasteiger partial charge in [0.2, 0.25) is 10.0 Å². The molecule has 0 rings (SSSR count). The molecule has 0 aromatic rings. The van der Waals surface area contributed by atoms with Gasteiger partial charge >= 0.3 is 0 Å². The van der Waals surface area contributed by atoms with Crippen LogP contribution in [0.5, 0.6) is 0 Å². The minimum Gasteiger partial charge on any atom is -0.315 e. The highest BCUT2D eigenvalue weighted by atomic mass is 35.5. The van der Waals surface area contributed by atoms with E-state index in [4.69, 9.17) is 0 Å². The van der Waals surface area contributed by atoms with E-state index in [2.05, 4.69) is 17.0 Å². The third-order valence-electron chi connectivity index (χ3n) is 1.09. The molecule has 76 valence electrons. The fourth-order valence-electron chi connectivity index (χ4n) is 0.627. The maximum absolute atomic E-state index is 10.5. The summed E-state index contributed by atoms with van der Waals surface area (Å²) in [6, 6.07) is 0. The summed E-state index contributed by atoms with van der Waals surface area (Å²) in [4.78, 5) is 0. The molecule has 0 saturated heterocycles. The van der Waals surface area contributed by atoms with Crippen LogP contribution in [0.25, 0.3) is 0 Å². The predicted octanol–water partition coefficient (Wildman–Crippen LogP) is -0.0430. The molecule has 0 unspecified atom stereocenters. The van der Waals surface area contributed by atoms with Gasteiger partial charge in [-0.15, -0.1) is 12.4 Å². The average molecular weight is 217 g/mol. The Balaban J connectivity index is 0. The summed E-state index contributed by atoms with van der Waals surface area (Å²) >= 11 is 0. The van der Waals surface area contributed by atoms with Gasteiger partial charge in [0.1, 0.15) is 0 Å². The molecule has 2 N–H and O–H groups in total. The zero-order valence-corrected chi connectivity index (χ0v) is 9.09. The Hall–Kier alpha value is 0.160. The second-order valence-corrected chi connectivity index (χ2v) is 4.25. The number of sulfonamides is 1. The van der Waals surface area contributed by atoms with Crippen molar-refractivity contribution < 1.29 is 8.42 Å². The molecular weight excluding hydrogens is 200 g/mol. The van der Waals surface area contributed by atoms with Crippen LogP contribution in [-0.2, 0) is 10.0 Å². The Kier molecular flexibility index (Phi) is 9.53. The highest BCUT2D eigenvalue weighted by molar-refractivity contribution is 7.88. The van der Waals surface area contributed by atoms with E-state index in [1.165, 1.54) is 0 Å². The second kappa shape index (κ2) is 7.79. The lowest BCUT2D eigenvalue weighted by molar-refractivity contribution is 0.581. The summed E-state index contributed by atoms with van der Waals surface area (Å²) < 4.78 is 23.4. The van der Waals surface area contributed by atoms with Crippen molar-refractivity contribution in [1.29, 1.82) is 0 Å². The number of nitrogens with one attached hydrogen (secondary N) is 2. The monoisotopic (exact) mass is 216 g/mol. The minimum absolute atomic E-state index is 0. The van der Waals surface area contributed by atoms with E-state index in [-0.39, 0.29) is 12.4 Å². The van der Waals surface area contributed by atoms with Gasteiger partial charge in [-0.2, -0.15) is 0 Å². The summed E-state index contributed by atoms with van der Waals surface area (Å²) in [7, 11) is -3.00. The summed E-state index contributed by atoms with van der Waals surface area (Å²) in [5, 5.41) is 3.08. The van der Waals surface area contributed by atoms with Crippen LogP contribution in [-0.4, -0.2) is 34.3 Å². The van der Waals surface area contributed by atoms with E-state index in [0.29, 0.717) is 13.1 Å². The number of hydrogen-bond acceptors (Lipinski definition) is 3. The van der Waals surface area contributed by atoms with Gasteiger partial charge in [-0.05, 0) is 13.0 Å². The van der Waals surface area contributed by atoms with Crippen molar-refractivity contribution in [3.63, 3.8) is 0 Å². The molecule has 0 amide bonds. The van der Waals surface area contributed by atoms with Crippen molar-refractivity contribution in [3.05, 3.63) is 0 Å². The molecule has 0 aromatic heterocycles. The normalized spacial score (nSPS) is 10.8. The van der Waals surface area contributed by atoms with Crippen molar-refractivity contribution in [2.45, 2.75) is 13.3 Å². The van der Waals surface area contributed by atoms with Crippen LogP contribution in [0.15, 0.2) is 0 Å². The first kappa shape index (κ1) is 14.7. The first-order valence-corrected chi connectivity index (χ1v) is 5.60. The van der Waals surface area contributed by atoms with Gasteiger partial charge in [0.15, 0.2) is 0 Å². The maximum Gasteiger partial charge on any atom is 0.208 e. The van der Waals surface area contributed by atoms with Gasteiger partial charge < -0.3 is 5.32 Å². The average Bonchev–Trinajstić information content (AvgIpc) is 1.85. The smallest absolute Gasteiger partial charge is 0.208 e. The fraction of sp³-hybridized carbons (Fsp3) is 1.00. The van der Waals surface area contributed by atoms with Gasteiger partial charge in [-0.3, -0.25) is 0 Å². The SMILES string of the molecule is CCCNCCNS(C)(=O)=O.Cl. The number of hydrogen-bond donors (Lipinski definition) is 2. The highest BCUT2D eigenvalue weighted by Gasteiger charge is 1.96. The molecule has 0 heterocycles. The zero-order chi connectivity index (χ0) is 8.74.